The third-order valence-corrected chi connectivity index (χ3v) is 5.25. The molecule has 0 aliphatic carbocycles. The van der Waals surface area contributed by atoms with Gasteiger partial charge in [0, 0.05) is 22.9 Å². The lowest BCUT2D eigenvalue weighted by atomic mass is 10.0. The molecule has 0 aromatic heterocycles. The topological polar surface area (TPSA) is 44.8 Å². The Bertz CT molecular complexity index is 1040. The van der Waals surface area contributed by atoms with Gasteiger partial charge in [0.05, 0.1) is 5.56 Å². The van der Waals surface area contributed by atoms with Gasteiger partial charge in [-0.1, -0.05) is 41.9 Å². The van der Waals surface area contributed by atoms with Gasteiger partial charge in [-0.25, -0.2) is 0 Å². The molecule has 0 saturated heterocycles. The van der Waals surface area contributed by atoms with Gasteiger partial charge in [-0.05, 0) is 62.1 Å². The predicted molar refractivity (Wildman–Crippen MR) is 122 cm³/mol. The summed E-state index contributed by atoms with van der Waals surface area (Å²) < 4.78 is 5.80. The highest BCUT2D eigenvalue weighted by Crippen LogP contribution is 2.37. The summed E-state index contributed by atoms with van der Waals surface area (Å²) in [6.45, 7) is 1.47. The standard InChI is InChI=1S/C24H24ClN3O2/c1-27(2)14-15-30-20-12-10-17(11-13-20)23-26-22-9-4-3-8-21(22)24(29)28(23)19-7-5-6-18(25)16-19/h3-13,16,23,26H,14-15H2,1-2H3. The summed E-state index contributed by atoms with van der Waals surface area (Å²) in [5.74, 6) is 0.736. The van der Waals surface area contributed by atoms with E-state index in [4.69, 9.17) is 16.3 Å². The number of anilines is 2. The number of nitrogens with zero attached hydrogens (tertiary/aromatic N) is 2. The SMILES string of the molecule is CN(C)CCOc1ccc(C2Nc3ccccc3C(=O)N2c2cccc(Cl)c2)cc1. The summed E-state index contributed by atoms with van der Waals surface area (Å²) in [4.78, 5) is 17.2. The van der Waals surface area contributed by atoms with E-state index in [1.165, 1.54) is 0 Å². The van der Waals surface area contributed by atoms with Gasteiger partial charge in [0.2, 0.25) is 0 Å². The molecule has 1 amide bonds. The Morgan fingerprint density at radius 1 is 1.03 bits per heavy atom. The van der Waals surface area contributed by atoms with Crippen molar-refractivity contribution in [2.24, 2.45) is 0 Å². The van der Waals surface area contributed by atoms with Crippen molar-refractivity contribution in [1.29, 1.82) is 0 Å². The van der Waals surface area contributed by atoms with E-state index in [1.807, 2.05) is 74.8 Å². The molecule has 1 aliphatic rings. The van der Waals surface area contributed by atoms with E-state index in [1.54, 1.807) is 17.0 Å². The van der Waals surface area contributed by atoms with Crippen LogP contribution >= 0.6 is 11.6 Å². The third kappa shape index (κ3) is 4.27. The van der Waals surface area contributed by atoms with Crippen LogP contribution in [-0.4, -0.2) is 38.1 Å². The molecular weight excluding hydrogens is 398 g/mol. The highest BCUT2D eigenvalue weighted by molar-refractivity contribution is 6.31. The van der Waals surface area contributed by atoms with Crippen LogP contribution in [0.3, 0.4) is 0 Å². The largest absolute Gasteiger partial charge is 0.492 e. The summed E-state index contributed by atoms with van der Waals surface area (Å²) in [6, 6.07) is 22.8. The molecule has 154 valence electrons. The van der Waals surface area contributed by atoms with Gasteiger partial charge in [-0.15, -0.1) is 0 Å². The van der Waals surface area contributed by atoms with Gasteiger partial charge in [0.25, 0.3) is 5.91 Å². The molecule has 30 heavy (non-hydrogen) atoms. The number of para-hydroxylation sites is 1. The maximum atomic E-state index is 13.4. The second kappa shape index (κ2) is 8.78. The number of ether oxygens (including phenoxy) is 1. The third-order valence-electron chi connectivity index (χ3n) is 5.02. The normalized spacial score (nSPS) is 15.7. The summed E-state index contributed by atoms with van der Waals surface area (Å²) in [5, 5.41) is 4.09. The maximum Gasteiger partial charge on any atom is 0.262 e. The van der Waals surface area contributed by atoms with E-state index in [-0.39, 0.29) is 12.1 Å². The average molecular weight is 422 g/mol. The highest BCUT2D eigenvalue weighted by atomic mass is 35.5. The van der Waals surface area contributed by atoms with Crippen molar-refractivity contribution in [3.63, 3.8) is 0 Å². The summed E-state index contributed by atoms with van der Waals surface area (Å²) in [7, 11) is 4.03. The van der Waals surface area contributed by atoms with Gasteiger partial charge < -0.3 is 15.0 Å². The molecule has 1 atom stereocenters. The zero-order chi connectivity index (χ0) is 21.1. The van der Waals surface area contributed by atoms with Crippen LogP contribution in [0.4, 0.5) is 11.4 Å². The van der Waals surface area contributed by atoms with Crippen LogP contribution in [-0.2, 0) is 0 Å². The van der Waals surface area contributed by atoms with Crippen LogP contribution in [0, 0.1) is 0 Å². The van der Waals surface area contributed by atoms with Gasteiger partial charge in [0.1, 0.15) is 18.5 Å². The molecule has 3 aromatic rings. The first-order valence-corrected chi connectivity index (χ1v) is 10.2. The minimum Gasteiger partial charge on any atom is -0.492 e. The molecule has 0 fully saturated rings. The highest BCUT2D eigenvalue weighted by Gasteiger charge is 2.34. The number of rotatable bonds is 6. The summed E-state index contributed by atoms with van der Waals surface area (Å²) in [5.41, 5.74) is 3.15. The Balaban J connectivity index is 1.66. The van der Waals surface area contributed by atoms with Crippen molar-refractivity contribution in [1.82, 2.24) is 4.90 Å². The number of fused-ring (bicyclic) bond motifs is 1. The smallest absolute Gasteiger partial charge is 0.262 e. The molecule has 0 saturated carbocycles. The van der Waals surface area contributed by atoms with Crippen LogP contribution < -0.4 is 15.0 Å². The Hall–Kier alpha value is -3.02. The first-order chi connectivity index (χ1) is 14.5. The van der Waals surface area contributed by atoms with E-state index in [2.05, 4.69) is 10.2 Å². The lowest BCUT2D eigenvalue weighted by Crippen LogP contribution is -2.43. The van der Waals surface area contributed by atoms with Crippen LogP contribution in [0.2, 0.25) is 5.02 Å². The summed E-state index contributed by atoms with van der Waals surface area (Å²) >= 11 is 6.22. The van der Waals surface area contributed by atoms with Crippen molar-refractivity contribution in [3.05, 3.63) is 88.9 Å². The molecule has 0 radical (unpaired) electrons. The second-order valence-corrected chi connectivity index (χ2v) is 7.90. The Labute approximate surface area is 181 Å². The number of likely N-dealkylation sites (N-methyl/N-ethyl adjacent to an activating group) is 1. The molecule has 3 aromatic carbocycles. The fourth-order valence-electron chi connectivity index (χ4n) is 3.47. The van der Waals surface area contributed by atoms with Crippen molar-refractivity contribution in [3.8, 4) is 5.75 Å². The first kappa shape index (κ1) is 20.3. The zero-order valence-corrected chi connectivity index (χ0v) is 17.8. The van der Waals surface area contributed by atoms with E-state index in [9.17, 15) is 4.79 Å². The molecule has 0 bridgehead atoms. The summed E-state index contributed by atoms with van der Waals surface area (Å²) in [6.07, 6.45) is -0.360. The minimum atomic E-state index is -0.360. The Morgan fingerprint density at radius 3 is 2.53 bits per heavy atom. The van der Waals surface area contributed by atoms with Crippen LogP contribution in [0.1, 0.15) is 22.1 Å². The fourth-order valence-corrected chi connectivity index (χ4v) is 3.66. The van der Waals surface area contributed by atoms with Crippen LogP contribution in [0.5, 0.6) is 5.75 Å². The monoisotopic (exact) mass is 421 g/mol. The molecule has 5 nitrogen and oxygen atoms in total. The van der Waals surface area contributed by atoms with Gasteiger partial charge in [-0.2, -0.15) is 0 Å². The number of nitrogens with one attached hydrogen (secondary N) is 1. The average Bonchev–Trinajstić information content (AvgIpc) is 2.74. The van der Waals surface area contributed by atoms with E-state index in [0.717, 1.165) is 29.2 Å². The minimum absolute atomic E-state index is 0.0667. The molecule has 1 unspecified atom stereocenters. The number of carbonyl (C=O) groups is 1. The van der Waals surface area contributed by atoms with Gasteiger partial charge in [-0.3, -0.25) is 9.69 Å². The predicted octanol–water partition coefficient (Wildman–Crippen LogP) is 5.05. The second-order valence-electron chi connectivity index (χ2n) is 7.47. The number of benzene rings is 3. The van der Waals surface area contributed by atoms with Crippen molar-refractivity contribution in [2.75, 3.05) is 37.5 Å². The molecule has 1 N–H and O–H groups in total. The lowest BCUT2D eigenvalue weighted by molar-refractivity contribution is 0.0975. The number of hydrogen-bond acceptors (Lipinski definition) is 4. The van der Waals surface area contributed by atoms with Crippen molar-refractivity contribution in [2.45, 2.75) is 6.17 Å². The number of amides is 1. The van der Waals surface area contributed by atoms with E-state index >= 15 is 0 Å². The Kier molecular flexibility index (Phi) is 5.93. The van der Waals surface area contributed by atoms with Crippen molar-refractivity contribution < 1.29 is 9.53 Å². The number of carbonyl (C=O) groups excluding carboxylic acids is 1. The quantitative estimate of drug-likeness (QED) is 0.604. The van der Waals surface area contributed by atoms with Crippen molar-refractivity contribution >= 4 is 28.9 Å². The molecule has 1 aliphatic heterocycles. The molecule has 4 rings (SSSR count). The van der Waals surface area contributed by atoms with Crippen LogP contribution in [0.25, 0.3) is 0 Å². The maximum absolute atomic E-state index is 13.4. The van der Waals surface area contributed by atoms with E-state index in [0.29, 0.717) is 17.2 Å². The van der Waals surface area contributed by atoms with Crippen LogP contribution in [0.15, 0.2) is 72.8 Å². The lowest BCUT2D eigenvalue weighted by Gasteiger charge is -2.38. The first-order valence-electron chi connectivity index (χ1n) is 9.85. The fraction of sp³-hybridized carbons (Fsp3) is 0.208. The number of halogens is 1. The zero-order valence-electron chi connectivity index (χ0n) is 17.0. The van der Waals surface area contributed by atoms with Gasteiger partial charge >= 0.3 is 0 Å². The molecular formula is C24H24ClN3O2. The number of hydrogen-bond donors (Lipinski definition) is 1. The molecule has 6 heteroatoms. The Morgan fingerprint density at radius 2 is 1.80 bits per heavy atom. The molecule has 1 heterocycles. The van der Waals surface area contributed by atoms with E-state index < -0.39 is 0 Å². The van der Waals surface area contributed by atoms with Gasteiger partial charge in [0.15, 0.2) is 0 Å². The molecule has 0 spiro atoms.